The maximum Gasteiger partial charge on any atom is 0.326 e. The summed E-state index contributed by atoms with van der Waals surface area (Å²) in [6.45, 7) is 0.195. The largest absolute Gasteiger partial charge is 0.481 e. The molecule has 20 heavy (non-hydrogen) atoms. The second-order valence-corrected chi connectivity index (χ2v) is 4.05. The Labute approximate surface area is 115 Å². The third kappa shape index (κ3) is 4.36. The number of hydrogen-bond donors (Lipinski definition) is 3. The zero-order valence-electron chi connectivity index (χ0n) is 10.8. The Bertz CT molecular complexity index is 513. The van der Waals surface area contributed by atoms with Crippen LogP contribution in [0.5, 0.6) is 0 Å². The Morgan fingerprint density at radius 1 is 1.25 bits per heavy atom. The van der Waals surface area contributed by atoms with Crippen molar-refractivity contribution in [3.05, 3.63) is 35.4 Å². The Kier molecular flexibility index (Phi) is 5.67. The summed E-state index contributed by atoms with van der Waals surface area (Å²) in [4.78, 5) is 33.5. The van der Waals surface area contributed by atoms with E-state index in [2.05, 4.69) is 5.32 Å². The van der Waals surface area contributed by atoms with E-state index < -0.39 is 30.3 Å². The molecule has 0 unspecified atom stereocenters. The maximum atomic E-state index is 12.0. The van der Waals surface area contributed by atoms with Crippen molar-refractivity contribution in [3.8, 4) is 0 Å². The van der Waals surface area contributed by atoms with Crippen molar-refractivity contribution in [2.75, 3.05) is 7.11 Å². The molecule has 1 aromatic rings. The van der Waals surface area contributed by atoms with Crippen molar-refractivity contribution < 1.29 is 29.3 Å². The van der Waals surface area contributed by atoms with E-state index in [1.807, 2.05) is 0 Å². The lowest BCUT2D eigenvalue weighted by atomic mass is 10.1. The number of amides is 1. The van der Waals surface area contributed by atoms with E-state index in [0.29, 0.717) is 5.56 Å². The maximum absolute atomic E-state index is 12.0. The molecule has 0 radical (unpaired) electrons. The average Bonchev–Trinajstić information content (AvgIpc) is 2.38. The molecule has 1 amide bonds. The molecule has 1 atom stereocenters. The van der Waals surface area contributed by atoms with E-state index in [-0.39, 0.29) is 12.2 Å². The average molecular weight is 281 g/mol. The number of carboxylic acid groups (broad SMARTS) is 2. The molecule has 0 aliphatic heterocycles. The van der Waals surface area contributed by atoms with Gasteiger partial charge in [0, 0.05) is 12.7 Å². The van der Waals surface area contributed by atoms with Gasteiger partial charge in [-0.15, -0.1) is 0 Å². The first-order valence-corrected chi connectivity index (χ1v) is 5.78. The van der Waals surface area contributed by atoms with Crippen LogP contribution in [-0.4, -0.2) is 41.2 Å². The molecule has 0 spiro atoms. The smallest absolute Gasteiger partial charge is 0.326 e. The molecule has 7 nitrogen and oxygen atoms in total. The molecule has 3 N–H and O–H groups in total. The van der Waals surface area contributed by atoms with Crippen LogP contribution < -0.4 is 5.32 Å². The Balaban J connectivity index is 2.88. The Morgan fingerprint density at radius 3 is 2.45 bits per heavy atom. The standard InChI is InChI=1S/C13H15NO6/c1-20-7-8-4-2-3-5-9(8)12(17)14-10(13(18)19)6-11(15)16/h2-5,10H,6-7H2,1H3,(H,14,17)(H,15,16)(H,18,19)/t10-/m1/s1. The summed E-state index contributed by atoms with van der Waals surface area (Å²) in [6.07, 6.45) is -0.687. The number of hydrogen-bond acceptors (Lipinski definition) is 4. The fourth-order valence-electron chi connectivity index (χ4n) is 1.63. The van der Waals surface area contributed by atoms with Crippen LogP contribution in [0.3, 0.4) is 0 Å². The molecule has 0 saturated carbocycles. The lowest BCUT2D eigenvalue weighted by Gasteiger charge is -2.14. The normalized spacial score (nSPS) is 11.7. The summed E-state index contributed by atoms with van der Waals surface area (Å²) in [7, 11) is 1.47. The van der Waals surface area contributed by atoms with Crippen molar-refractivity contribution in [2.24, 2.45) is 0 Å². The van der Waals surface area contributed by atoms with E-state index in [1.165, 1.54) is 13.2 Å². The van der Waals surface area contributed by atoms with Gasteiger partial charge in [0.05, 0.1) is 13.0 Å². The highest BCUT2D eigenvalue weighted by Crippen LogP contribution is 2.10. The SMILES string of the molecule is COCc1ccccc1C(=O)N[C@H](CC(=O)O)C(=O)O. The van der Waals surface area contributed by atoms with E-state index in [9.17, 15) is 14.4 Å². The third-order valence-corrected chi connectivity index (χ3v) is 2.54. The first-order chi connectivity index (χ1) is 9.45. The number of carbonyl (C=O) groups excluding carboxylic acids is 1. The minimum absolute atomic E-state index is 0.195. The van der Waals surface area contributed by atoms with Crippen molar-refractivity contribution in [3.63, 3.8) is 0 Å². The molecule has 0 saturated heterocycles. The van der Waals surface area contributed by atoms with Crippen LogP contribution in [0.4, 0.5) is 0 Å². The molecule has 1 aromatic carbocycles. The van der Waals surface area contributed by atoms with Gasteiger partial charge in [-0.2, -0.15) is 0 Å². The van der Waals surface area contributed by atoms with Crippen LogP contribution in [0.2, 0.25) is 0 Å². The molecule has 0 aliphatic rings. The zero-order valence-corrected chi connectivity index (χ0v) is 10.8. The van der Waals surface area contributed by atoms with Gasteiger partial charge < -0.3 is 20.3 Å². The zero-order chi connectivity index (χ0) is 15.1. The predicted molar refractivity (Wildman–Crippen MR) is 68.3 cm³/mol. The quantitative estimate of drug-likeness (QED) is 0.670. The first-order valence-electron chi connectivity index (χ1n) is 5.78. The minimum atomic E-state index is -1.48. The number of ether oxygens (including phenoxy) is 1. The van der Waals surface area contributed by atoms with E-state index in [1.54, 1.807) is 18.2 Å². The number of rotatable bonds is 7. The lowest BCUT2D eigenvalue weighted by Crippen LogP contribution is -2.42. The van der Waals surface area contributed by atoms with Crippen molar-refractivity contribution in [1.29, 1.82) is 0 Å². The van der Waals surface area contributed by atoms with Crippen LogP contribution in [0.1, 0.15) is 22.3 Å². The molecule has 7 heteroatoms. The molecule has 0 fully saturated rings. The molecule has 0 aromatic heterocycles. The van der Waals surface area contributed by atoms with Crippen LogP contribution in [0, 0.1) is 0 Å². The van der Waals surface area contributed by atoms with Crippen molar-refractivity contribution in [1.82, 2.24) is 5.32 Å². The van der Waals surface area contributed by atoms with Crippen molar-refractivity contribution in [2.45, 2.75) is 19.1 Å². The van der Waals surface area contributed by atoms with Crippen LogP contribution in [-0.2, 0) is 20.9 Å². The van der Waals surface area contributed by atoms with E-state index >= 15 is 0 Å². The molecular formula is C13H15NO6. The molecule has 1 rings (SSSR count). The van der Waals surface area contributed by atoms with Gasteiger partial charge in [-0.1, -0.05) is 18.2 Å². The number of carboxylic acids is 2. The lowest BCUT2D eigenvalue weighted by molar-refractivity contribution is -0.145. The highest BCUT2D eigenvalue weighted by atomic mass is 16.5. The summed E-state index contributed by atoms with van der Waals surface area (Å²) < 4.78 is 4.95. The second kappa shape index (κ2) is 7.25. The van der Waals surface area contributed by atoms with Gasteiger partial charge in [0.1, 0.15) is 6.04 Å². The molecular weight excluding hydrogens is 266 g/mol. The Morgan fingerprint density at radius 2 is 1.90 bits per heavy atom. The summed E-state index contributed by atoms with van der Waals surface area (Å²) >= 11 is 0. The molecule has 0 aliphatic carbocycles. The van der Waals surface area contributed by atoms with Gasteiger partial charge in [0.2, 0.25) is 0 Å². The summed E-state index contributed by atoms with van der Waals surface area (Å²) in [5.41, 5.74) is 0.845. The highest BCUT2D eigenvalue weighted by molar-refractivity contribution is 5.98. The fourth-order valence-corrected chi connectivity index (χ4v) is 1.63. The van der Waals surface area contributed by atoms with Crippen LogP contribution >= 0.6 is 0 Å². The number of methoxy groups -OCH3 is 1. The minimum Gasteiger partial charge on any atom is -0.481 e. The number of benzene rings is 1. The van der Waals surface area contributed by atoms with E-state index in [4.69, 9.17) is 14.9 Å². The third-order valence-electron chi connectivity index (χ3n) is 2.54. The van der Waals surface area contributed by atoms with Gasteiger partial charge in [0.15, 0.2) is 0 Å². The number of nitrogens with one attached hydrogen (secondary N) is 1. The molecule has 0 bridgehead atoms. The van der Waals surface area contributed by atoms with Gasteiger partial charge in [-0.05, 0) is 11.6 Å². The van der Waals surface area contributed by atoms with Gasteiger partial charge in [0.25, 0.3) is 5.91 Å². The topological polar surface area (TPSA) is 113 Å². The van der Waals surface area contributed by atoms with Gasteiger partial charge in [-0.25, -0.2) is 4.79 Å². The first kappa shape index (κ1) is 15.6. The monoisotopic (exact) mass is 281 g/mol. The molecule has 0 heterocycles. The molecule has 108 valence electrons. The second-order valence-electron chi connectivity index (χ2n) is 4.05. The summed E-state index contributed by atoms with van der Waals surface area (Å²) in [5.74, 6) is -3.35. The van der Waals surface area contributed by atoms with Gasteiger partial charge >= 0.3 is 11.9 Å². The van der Waals surface area contributed by atoms with Crippen LogP contribution in [0.15, 0.2) is 24.3 Å². The summed E-state index contributed by atoms with van der Waals surface area (Å²) in [6, 6.07) is 5.06. The van der Waals surface area contributed by atoms with Crippen LogP contribution in [0.25, 0.3) is 0 Å². The van der Waals surface area contributed by atoms with E-state index in [0.717, 1.165) is 0 Å². The number of aliphatic carboxylic acids is 2. The predicted octanol–water partition coefficient (Wildman–Crippen LogP) is 0.491. The number of carbonyl (C=O) groups is 3. The highest BCUT2D eigenvalue weighted by Gasteiger charge is 2.24. The van der Waals surface area contributed by atoms with Gasteiger partial charge in [-0.3, -0.25) is 9.59 Å². The van der Waals surface area contributed by atoms with Crippen molar-refractivity contribution >= 4 is 17.8 Å². The Hall–Kier alpha value is -2.41. The fraction of sp³-hybridized carbons (Fsp3) is 0.308. The summed E-state index contributed by atoms with van der Waals surface area (Å²) in [5, 5.41) is 19.7.